The molecule has 5 nitrogen and oxygen atoms in total. The van der Waals surface area contributed by atoms with Crippen molar-refractivity contribution in [2.24, 2.45) is 0 Å². The highest BCUT2D eigenvalue weighted by Gasteiger charge is 2.95. The predicted octanol–water partition coefficient (Wildman–Crippen LogP) is 6.23. The van der Waals surface area contributed by atoms with E-state index < -0.39 is 75.1 Å². The Balaban J connectivity index is 6.04. The summed E-state index contributed by atoms with van der Waals surface area (Å²) >= 11 is 0. The maximum absolute atomic E-state index is 13.7. The lowest BCUT2D eigenvalue weighted by Crippen LogP contribution is -2.74. The molecule has 38 heavy (non-hydrogen) atoms. The molecule has 0 aliphatic carbocycles. The first kappa shape index (κ1) is 36.9. The van der Waals surface area contributed by atoms with Crippen molar-refractivity contribution in [3.63, 3.8) is 0 Å². The van der Waals surface area contributed by atoms with E-state index in [2.05, 4.69) is 9.05 Å². The number of quaternary nitrogens is 1. The third-order valence-electron chi connectivity index (χ3n) is 4.47. The number of alkyl halides is 17. The molecule has 0 saturated heterocycles. The Morgan fingerprint density at radius 1 is 0.579 bits per heavy atom. The molecule has 1 N–H and O–H groups in total. The van der Waals surface area contributed by atoms with Gasteiger partial charge in [0.25, 0.3) is 0 Å². The summed E-state index contributed by atoms with van der Waals surface area (Å²) in [5.41, 5.74) is 0. The maximum atomic E-state index is 13.7. The van der Waals surface area contributed by atoms with E-state index in [1.807, 2.05) is 0 Å². The number of phosphoric acid groups is 1. The smallest absolute Gasteiger partial charge is 0.329 e. The lowest BCUT2D eigenvalue weighted by Gasteiger charge is -2.42. The summed E-state index contributed by atoms with van der Waals surface area (Å²) in [7, 11) is -0.880. The second-order valence-corrected chi connectivity index (χ2v) is 10.0. The topological polar surface area (TPSA) is 55.8 Å². The van der Waals surface area contributed by atoms with Crippen LogP contribution in [0.1, 0.15) is 6.42 Å². The minimum atomic E-state index is -8.72. The number of rotatable bonds is 14. The summed E-state index contributed by atoms with van der Waals surface area (Å²) in [6.45, 7) is -2.98. The van der Waals surface area contributed by atoms with Crippen molar-refractivity contribution in [3.8, 4) is 0 Å². The van der Waals surface area contributed by atoms with Gasteiger partial charge in [0.05, 0.1) is 27.7 Å². The summed E-state index contributed by atoms with van der Waals surface area (Å²) in [5, 5.41) is 0. The molecule has 0 amide bonds. The molecule has 0 bridgehead atoms. The fourth-order valence-electron chi connectivity index (χ4n) is 2.11. The average molecular weight is 630 g/mol. The van der Waals surface area contributed by atoms with E-state index in [4.69, 9.17) is 0 Å². The zero-order valence-corrected chi connectivity index (χ0v) is 19.7. The van der Waals surface area contributed by atoms with E-state index in [0.29, 0.717) is 0 Å². The summed E-state index contributed by atoms with van der Waals surface area (Å²) in [4.78, 5) is 9.20. The molecule has 0 radical (unpaired) electrons. The van der Waals surface area contributed by atoms with E-state index in [1.165, 1.54) is 21.1 Å². The molecule has 23 heteroatoms. The molecular weight excluding hydrogens is 612 g/mol. The van der Waals surface area contributed by atoms with Gasteiger partial charge in [0.2, 0.25) is 0 Å². The minimum Gasteiger partial charge on any atom is -0.329 e. The Labute approximate surface area is 201 Å². The molecule has 1 unspecified atom stereocenters. The Morgan fingerprint density at radius 3 is 1.24 bits per heavy atom. The lowest BCUT2D eigenvalue weighted by molar-refractivity contribution is -0.870. The second-order valence-electron chi connectivity index (χ2n) is 8.55. The quantitative estimate of drug-likeness (QED) is 0.141. The van der Waals surface area contributed by atoms with Gasteiger partial charge < -0.3 is 9.38 Å². The number of hydrogen-bond acceptors (Lipinski definition) is 3. The van der Waals surface area contributed by atoms with Gasteiger partial charge in [-0.15, -0.1) is 0 Å². The summed E-state index contributed by atoms with van der Waals surface area (Å²) in [6, 6.07) is 0. The predicted molar refractivity (Wildman–Crippen MR) is 89.9 cm³/mol. The van der Waals surface area contributed by atoms with Gasteiger partial charge in [-0.3, -0.25) is 9.05 Å². The van der Waals surface area contributed by atoms with Gasteiger partial charge in [0.1, 0.15) is 13.2 Å². The molecule has 0 aromatic rings. The number of phosphoric ester groups is 1. The highest BCUT2D eigenvalue weighted by atomic mass is 31.2. The standard InChI is InChI=1S/C15H17F17NO4P/c1-33(2,3)5-7-37-38(34,35)36-6-4-8(16,17)9(18,19)10(20,21)11(22,23)12(24,25)13(26,27)14(28,29)15(30,31)32/h4-7H2,1-3H3/p+1. The molecule has 0 spiro atoms. The fraction of sp³-hybridized carbons (Fsp3) is 1.00. The highest BCUT2D eigenvalue weighted by Crippen LogP contribution is 2.64. The van der Waals surface area contributed by atoms with E-state index in [1.54, 1.807) is 0 Å². The van der Waals surface area contributed by atoms with Crippen LogP contribution in [0.4, 0.5) is 74.6 Å². The van der Waals surface area contributed by atoms with Gasteiger partial charge in [0, 0.05) is 6.42 Å². The van der Waals surface area contributed by atoms with Crippen LogP contribution in [0.2, 0.25) is 0 Å². The SMILES string of the molecule is C[N+](C)(C)CCOP(=O)(O)OCCC(F)(F)C(F)(F)C(F)(F)C(F)(F)C(F)(F)C(F)(F)C(F)(F)C(F)(F)F. The van der Waals surface area contributed by atoms with E-state index in [9.17, 15) is 84.1 Å². The Kier molecular flexibility index (Phi) is 10.1. The number of hydrogen-bond donors (Lipinski definition) is 1. The summed E-state index contributed by atoms with van der Waals surface area (Å²) in [6.07, 6.45) is -10.8. The number of nitrogens with zero attached hydrogens (tertiary/aromatic N) is 1. The van der Waals surface area contributed by atoms with Crippen LogP contribution >= 0.6 is 7.82 Å². The molecule has 0 rings (SSSR count). The maximum Gasteiger partial charge on any atom is 0.472 e. The van der Waals surface area contributed by atoms with Crippen LogP contribution in [0.5, 0.6) is 0 Å². The number of likely N-dealkylation sites (N-methyl/N-ethyl adjacent to an activating group) is 1. The van der Waals surface area contributed by atoms with Gasteiger partial charge >= 0.3 is 55.5 Å². The first-order valence-corrected chi connectivity index (χ1v) is 10.8. The number of halogens is 17. The van der Waals surface area contributed by atoms with Crippen LogP contribution in [-0.4, -0.2) is 97.9 Å². The normalized spacial score (nSPS) is 17.5. The van der Waals surface area contributed by atoms with Crippen LogP contribution in [0.15, 0.2) is 0 Å². The molecule has 0 heterocycles. The third kappa shape index (κ3) is 6.60. The molecule has 0 aromatic carbocycles. The average Bonchev–Trinajstić information content (AvgIpc) is 2.64. The molecular formula is C15H18F17NO4P+. The van der Waals surface area contributed by atoms with Crippen LogP contribution in [0.25, 0.3) is 0 Å². The van der Waals surface area contributed by atoms with Crippen molar-refractivity contribution < 1.29 is 97.6 Å². The zero-order valence-electron chi connectivity index (χ0n) is 18.8. The van der Waals surface area contributed by atoms with E-state index in [-0.39, 0.29) is 11.0 Å². The van der Waals surface area contributed by atoms with Crippen molar-refractivity contribution in [1.82, 2.24) is 0 Å². The Hall–Kier alpha value is -1.12. The first-order chi connectivity index (χ1) is 16.2. The molecule has 0 fully saturated rings. The van der Waals surface area contributed by atoms with Gasteiger partial charge in [-0.1, -0.05) is 0 Å². The molecule has 0 aliphatic rings. The lowest BCUT2D eigenvalue weighted by atomic mass is 9.88. The fourth-order valence-corrected chi connectivity index (χ4v) is 2.82. The van der Waals surface area contributed by atoms with Gasteiger partial charge in [-0.25, -0.2) is 4.57 Å². The van der Waals surface area contributed by atoms with Gasteiger partial charge in [0.15, 0.2) is 0 Å². The molecule has 0 aromatic heterocycles. The molecule has 230 valence electrons. The van der Waals surface area contributed by atoms with Gasteiger partial charge in [-0.05, 0) is 0 Å². The monoisotopic (exact) mass is 630 g/mol. The molecule has 0 aliphatic heterocycles. The Bertz CT molecular complexity index is 868. The first-order valence-electron chi connectivity index (χ1n) is 9.30. The van der Waals surface area contributed by atoms with E-state index in [0.717, 1.165) is 0 Å². The van der Waals surface area contributed by atoms with E-state index >= 15 is 0 Å². The van der Waals surface area contributed by atoms with Crippen LogP contribution < -0.4 is 0 Å². The van der Waals surface area contributed by atoms with Gasteiger partial charge in [-0.2, -0.15) is 74.6 Å². The van der Waals surface area contributed by atoms with Crippen LogP contribution in [-0.2, 0) is 13.6 Å². The van der Waals surface area contributed by atoms with Crippen molar-refractivity contribution in [3.05, 3.63) is 0 Å². The zero-order chi connectivity index (χ0) is 31.2. The van der Waals surface area contributed by atoms with Crippen LogP contribution in [0.3, 0.4) is 0 Å². The molecule has 1 atom stereocenters. The Morgan fingerprint density at radius 2 is 0.895 bits per heavy atom. The van der Waals surface area contributed by atoms with Crippen molar-refractivity contribution >= 4 is 7.82 Å². The van der Waals surface area contributed by atoms with Crippen LogP contribution in [0, 0.1) is 0 Å². The summed E-state index contributed by atoms with van der Waals surface area (Å²) in [5.74, 6) is -57.3. The summed E-state index contributed by atoms with van der Waals surface area (Å²) < 4.78 is 243. The second kappa shape index (κ2) is 10.4. The van der Waals surface area contributed by atoms with Crippen molar-refractivity contribution in [1.29, 1.82) is 0 Å². The minimum absolute atomic E-state index is 0.0617. The third-order valence-corrected chi connectivity index (χ3v) is 5.49. The highest BCUT2D eigenvalue weighted by molar-refractivity contribution is 7.47. The van der Waals surface area contributed by atoms with Crippen molar-refractivity contribution in [2.45, 2.75) is 54.1 Å². The largest absolute Gasteiger partial charge is 0.472 e. The van der Waals surface area contributed by atoms with Crippen molar-refractivity contribution in [2.75, 3.05) is 40.9 Å². The molecule has 0 saturated carbocycles.